The van der Waals surface area contributed by atoms with Crippen LogP contribution < -0.4 is 15.4 Å². The van der Waals surface area contributed by atoms with Crippen molar-refractivity contribution >= 4 is 17.1 Å². The van der Waals surface area contributed by atoms with Crippen molar-refractivity contribution in [3.63, 3.8) is 0 Å². The lowest BCUT2D eigenvalue weighted by molar-refractivity contribution is 0.415. The van der Waals surface area contributed by atoms with E-state index < -0.39 is 0 Å². The van der Waals surface area contributed by atoms with E-state index in [9.17, 15) is 0 Å². The van der Waals surface area contributed by atoms with E-state index in [2.05, 4.69) is 11.0 Å². The Morgan fingerprint density at radius 2 is 1.83 bits per heavy atom. The second-order valence-electron chi connectivity index (χ2n) is 4.36. The number of ether oxygens (including phenoxy) is 1. The molecule has 2 N–H and O–H groups in total. The van der Waals surface area contributed by atoms with Crippen LogP contribution >= 0.6 is 0 Å². The van der Waals surface area contributed by atoms with Crippen molar-refractivity contribution in [1.29, 1.82) is 0 Å². The number of hydrogen-bond acceptors (Lipinski definition) is 3. The summed E-state index contributed by atoms with van der Waals surface area (Å²) in [6, 6.07) is 14.0. The molecule has 0 aromatic heterocycles. The number of anilines is 3. The molecule has 0 amide bonds. The van der Waals surface area contributed by atoms with Gasteiger partial charge in [0, 0.05) is 30.2 Å². The highest BCUT2D eigenvalue weighted by molar-refractivity contribution is 5.67. The molecule has 94 valence electrons. The van der Waals surface area contributed by atoms with Gasteiger partial charge in [0.15, 0.2) is 0 Å². The number of nitrogens with zero attached hydrogens (tertiary/aromatic N) is 1. The van der Waals surface area contributed by atoms with E-state index in [0.29, 0.717) is 0 Å². The minimum atomic E-state index is 0.778. The second-order valence-corrected chi connectivity index (χ2v) is 4.36. The van der Waals surface area contributed by atoms with Gasteiger partial charge in [-0.15, -0.1) is 0 Å². The van der Waals surface area contributed by atoms with Crippen LogP contribution in [0.4, 0.5) is 17.1 Å². The van der Waals surface area contributed by atoms with E-state index in [-0.39, 0.29) is 0 Å². The monoisotopic (exact) mass is 242 g/mol. The summed E-state index contributed by atoms with van der Waals surface area (Å²) in [6.45, 7) is 2.04. The minimum Gasteiger partial charge on any atom is -0.497 e. The molecule has 18 heavy (non-hydrogen) atoms. The zero-order valence-corrected chi connectivity index (χ0v) is 11.0. The lowest BCUT2D eigenvalue weighted by atomic mass is 10.1. The zero-order chi connectivity index (χ0) is 13.1. The van der Waals surface area contributed by atoms with E-state index in [1.54, 1.807) is 7.11 Å². The Balaban J connectivity index is 2.37. The summed E-state index contributed by atoms with van der Waals surface area (Å²) in [6.07, 6.45) is 0. The molecule has 0 bridgehead atoms. The van der Waals surface area contributed by atoms with Gasteiger partial charge in [-0.05, 0) is 42.8 Å². The number of hydrogen-bond donors (Lipinski definition) is 1. The topological polar surface area (TPSA) is 38.5 Å². The van der Waals surface area contributed by atoms with Gasteiger partial charge in [0.2, 0.25) is 0 Å². The first-order valence-electron chi connectivity index (χ1n) is 5.85. The summed E-state index contributed by atoms with van der Waals surface area (Å²) in [5, 5.41) is 0. The first-order chi connectivity index (χ1) is 8.60. The van der Waals surface area contributed by atoms with Crippen LogP contribution in [-0.4, -0.2) is 14.2 Å². The number of benzene rings is 2. The Bertz CT molecular complexity index is 532. The molecular weight excluding hydrogens is 224 g/mol. The molecule has 3 nitrogen and oxygen atoms in total. The summed E-state index contributed by atoms with van der Waals surface area (Å²) in [4.78, 5) is 2.09. The SMILES string of the molecule is COc1cccc(N(C)c2cc(C)cc(N)c2)c1. The van der Waals surface area contributed by atoms with Gasteiger partial charge in [-0.25, -0.2) is 0 Å². The average Bonchev–Trinajstić information content (AvgIpc) is 2.37. The molecule has 3 heteroatoms. The van der Waals surface area contributed by atoms with E-state index in [4.69, 9.17) is 10.5 Å². The molecule has 0 atom stereocenters. The Kier molecular flexibility index (Phi) is 3.42. The van der Waals surface area contributed by atoms with Crippen LogP contribution in [0.5, 0.6) is 5.75 Å². The summed E-state index contributed by atoms with van der Waals surface area (Å²) in [5.41, 5.74) is 9.95. The predicted octanol–water partition coefficient (Wildman–Crippen LogP) is 3.35. The van der Waals surface area contributed by atoms with Gasteiger partial charge in [-0.3, -0.25) is 0 Å². The van der Waals surface area contributed by atoms with E-state index in [1.807, 2.05) is 50.4 Å². The maximum absolute atomic E-state index is 5.88. The van der Waals surface area contributed by atoms with Crippen molar-refractivity contribution in [3.05, 3.63) is 48.0 Å². The van der Waals surface area contributed by atoms with Crippen LogP contribution in [0.15, 0.2) is 42.5 Å². The molecule has 0 aliphatic carbocycles. The second kappa shape index (κ2) is 5.00. The van der Waals surface area contributed by atoms with Crippen molar-refractivity contribution < 1.29 is 4.74 Å². The van der Waals surface area contributed by atoms with Crippen molar-refractivity contribution in [3.8, 4) is 5.75 Å². The zero-order valence-electron chi connectivity index (χ0n) is 11.0. The average molecular weight is 242 g/mol. The number of nitrogens with two attached hydrogens (primary N) is 1. The van der Waals surface area contributed by atoms with Gasteiger partial charge in [0.1, 0.15) is 5.75 Å². The molecule has 0 spiro atoms. The number of aryl methyl sites for hydroxylation is 1. The summed E-state index contributed by atoms with van der Waals surface area (Å²) in [7, 11) is 3.69. The Labute approximate surface area is 108 Å². The molecule has 2 aromatic rings. The van der Waals surface area contributed by atoms with Crippen LogP contribution in [0.2, 0.25) is 0 Å². The number of rotatable bonds is 3. The minimum absolute atomic E-state index is 0.778. The molecule has 0 fully saturated rings. The smallest absolute Gasteiger partial charge is 0.120 e. The van der Waals surface area contributed by atoms with Crippen molar-refractivity contribution in [2.75, 3.05) is 24.8 Å². The van der Waals surface area contributed by atoms with Gasteiger partial charge in [0.25, 0.3) is 0 Å². The van der Waals surface area contributed by atoms with Gasteiger partial charge in [-0.1, -0.05) is 6.07 Å². The maximum Gasteiger partial charge on any atom is 0.120 e. The molecule has 2 aromatic carbocycles. The maximum atomic E-state index is 5.88. The van der Waals surface area contributed by atoms with Gasteiger partial charge in [-0.2, -0.15) is 0 Å². The number of methoxy groups -OCH3 is 1. The lowest BCUT2D eigenvalue weighted by Crippen LogP contribution is -2.10. The first-order valence-corrected chi connectivity index (χ1v) is 5.85. The molecule has 0 unspecified atom stereocenters. The summed E-state index contributed by atoms with van der Waals surface area (Å²) < 4.78 is 5.24. The van der Waals surface area contributed by atoms with Gasteiger partial charge in [0.05, 0.1) is 7.11 Å². The van der Waals surface area contributed by atoms with Crippen LogP contribution in [-0.2, 0) is 0 Å². The highest BCUT2D eigenvalue weighted by Crippen LogP contribution is 2.28. The van der Waals surface area contributed by atoms with Crippen LogP contribution in [0.3, 0.4) is 0 Å². The van der Waals surface area contributed by atoms with Crippen LogP contribution in [0.1, 0.15) is 5.56 Å². The molecule has 0 aliphatic rings. The third-order valence-corrected chi connectivity index (χ3v) is 2.91. The highest BCUT2D eigenvalue weighted by atomic mass is 16.5. The quantitative estimate of drug-likeness (QED) is 0.839. The van der Waals surface area contributed by atoms with Crippen LogP contribution in [0, 0.1) is 6.92 Å². The van der Waals surface area contributed by atoms with Crippen molar-refractivity contribution in [2.24, 2.45) is 0 Å². The van der Waals surface area contributed by atoms with Crippen molar-refractivity contribution in [1.82, 2.24) is 0 Å². The summed E-state index contributed by atoms with van der Waals surface area (Å²) in [5.74, 6) is 0.847. The van der Waals surface area contributed by atoms with Gasteiger partial charge < -0.3 is 15.4 Å². The standard InChI is InChI=1S/C15H18N2O/c1-11-7-12(16)9-14(8-11)17(2)13-5-4-6-15(10-13)18-3/h4-10H,16H2,1-3H3. The molecule has 0 saturated heterocycles. The molecule has 0 heterocycles. The fraction of sp³-hybridized carbons (Fsp3) is 0.200. The molecule has 0 aliphatic heterocycles. The molecule has 2 rings (SSSR count). The van der Waals surface area contributed by atoms with Crippen molar-refractivity contribution in [2.45, 2.75) is 6.92 Å². The largest absolute Gasteiger partial charge is 0.497 e. The highest BCUT2D eigenvalue weighted by Gasteiger charge is 2.06. The molecule has 0 saturated carbocycles. The fourth-order valence-corrected chi connectivity index (χ4v) is 1.95. The fourth-order valence-electron chi connectivity index (χ4n) is 1.95. The Hall–Kier alpha value is -2.16. The van der Waals surface area contributed by atoms with Crippen LogP contribution in [0.25, 0.3) is 0 Å². The lowest BCUT2D eigenvalue weighted by Gasteiger charge is -2.21. The van der Waals surface area contributed by atoms with E-state index in [1.165, 1.54) is 0 Å². The third kappa shape index (κ3) is 2.56. The normalized spacial score (nSPS) is 10.2. The molecular formula is C15H18N2O. The van der Waals surface area contributed by atoms with E-state index >= 15 is 0 Å². The third-order valence-electron chi connectivity index (χ3n) is 2.91. The Morgan fingerprint density at radius 3 is 2.50 bits per heavy atom. The molecule has 0 radical (unpaired) electrons. The van der Waals surface area contributed by atoms with Gasteiger partial charge >= 0.3 is 0 Å². The first kappa shape index (κ1) is 12.3. The predicted molar refractivity (Wildman–Crippen MR) is 76.6 cm³/mol. The number of nitrogen functional groups attached to an aromatic ring is 1. The Morgan fingerprint density at radius 1 is 1.06 bits per heavy atom. The summed E-state index contributed by atoms with van der Waals surface area (Å²) >= 11 is 0. The van der Waals surface area contributed by atoms with E-state index in [0.717, 1.165) is 28.4 Å².